The van der Waals surface area contributed by atoms with Gasteiger partial charge in [0, 0.05) is 17.7 Å². The van der Waals surface area contributed by atoms with Gasteiger partial charge >= 0.3 is 0 Å². The molecule has 5 heteroatoms. The summed E-state index contributed by atoms with van der Waals surface area (Å²) in [5.41, 5.74) is 6.91. The maximum Gasteiger partial charge on any atom is 0.251 e. The van der Waals surface area contributed by atoms with Gasteiger partial charge in [-0.2, -0.15) is 0 Å². The molecule has 0 aromatic heterocycles. The molecule has 2 amide bonds. The molecule has 1 aromatic carbocycles. The number of nitrogens with one attached hydrogen (secondary N) is 1. The van der Waals surface area contributed by atoms with Gasteiger partial charge in [-0.3, -0.25) is 9.59 Å². The lowest BCUT2D eigenvalue weighted by atomic mass is 10.1. The second-order valence-corrected chi connectivity index (χ2v) is 4.21. The van der Waals surface area contributed by atoms with Gasteiger partial charge in [-0.05, 0) is 31.2 Å². The quantitative estimate of drug-likeness (QED) is 0.570. The molecule has 0 atom stereocenters. The first-order chi connectivity index (χ1) is 9.00. The van der Waals surface area contributed by atoms with Crippen molar-refractivity contribution in [2.45, 2.75) is 6.92 Å². The first-order valence-electron chi connectivity index (χ1n) is 5.91. The number of hydrogen-bond donors (Lipinski definition) is 2. The number of primary amides is 1. The van der Waals surface area contributed by atoms with Crippen molar-refractivity contribution in [2.75, 3.05) is 19.8 Å². The van der Waals surface area contributed by atoms with Crippen LogP contribution in [-0.2, 0) is 4.74 Å². The van der Waals surface area contributed by atoms with Crippen LogP contribution >= 0.6 is 0 Å². The molecule has 0 aliphatic rings. The van der Waals surface area contributed by atoms with Crippen LogP contribution in [0.5, 0.6) is 0 Å². The molecule has 102 valence electrons. The Hall–Kier alpha value is -2.14. The Bertz CT molecular complexity index is 466. The smallest absolute Gasteiger partial charge is 0.251 e. The van der Waals surface area contributed by atoms with Crippen molar-refractivity contribution in [3.05, 3.63) is 47.5 Å². The Balaban J connectivity index is 2.37. The fourth-order valence-corrected chi connectivity index (χ4v) is 1.37. The highest BCUT2D eigenvalue weighted by Crippen LogP contribution is 2.03. The van der Waals surface area contributed by atoms with Crippen molar-refractivity contribution in [2.24, 2.45) is 5.73 Å². The third-order valence-corrected chi connectivity index (χ3v) is 2.31. The van der Waals surface area contributed by atoms with E-state index < -0.39 is 5.91 Å². The Labute approximate surface area is 112 Å². The average molecular weight is 262 g/mol. The lowest BCUT2D eigenvalue weighted by Gasteiger charge is -2.06. The Morgan fingerprint density at radius 3 is 2.37 bits per heavy atom. The van der Waals surface area contributed by atoms with Crippen LogP contribution in [-0.4, -0.2) is 31.6 Å². The van der Waals surface area contributed by atoms with Gasteiger partial charge in [0.15, 0.2) is 0 Å². The monoisotopic (exact) mass is 262 g/mol. The molecular formula is C14H18N2O3. The number of hydrogen-bond acceptors (Lipinski definition) is 3. The molecule has 0 aliphatic carbocycles. The van der Waals surface area contributed by atoms with E-state index in [1.54, 1.807) is 12.1 Å². The molecule has 1 rings (SSSR count). The highest BCUT2D eigenvalue weighted by molar-refractivity contribution is 5.97. The second kappa shape index (κ2) is 7.33. The van der Waals surface area contributed by atoms with Gasteiger partial charge in [-0.25, -0.2) is 0 Å². The zero-order valence-electron chi connectivity index (χ0n) is 10.9. The van der Waals surface area contributed by atoms with E-state index in [1.807, 2.05) is 6.92 Å². The van der Waals surface area contributed by atoms with Crippen molar-refractivity contribution >= 4 is 11.8 Å². The van der Waals surface area contributed by atoms with Gasteiger partial charge in [-0.1, -0.05) is 12.2 Å². The maximum absolute atomic E-state index is 11.7. The molecular weight excluding hydrogens is 244 g/mol. The third kappa shape index (κ3) is 5.35. The molecule has 0 unspecified atom stereocenters. The fraction of sp³-hybridized carbons (Fsp3) is 0.286. The molecule has 0 bridgehead atoms. The van der Waals surface area contributed by atoms with E-state index in [9.17, 15) is 9.59 Å². The van der Waals surface area contributed by atoms with Gasteiger partial charge in [0.25, 0.3) is 5.91 Å². The van der Waals surface area contributed by atoms with Gasteiger partial charge in [0.05, 0.1) is 13.2 Å². The highest BCUT2D eigenvalue weighted by Gasteiger charge is 2.06. The average Bonchev–Trinajstić information content (AvgIpc) is 2.37. The molecule has 0 aliphatic heterocycles. The van der Waals surface area contributed by atoms with Gasteiger partial charge in [-0.15, -0.1) is 0 Å². The van der Waals surface area contributed by atoms with E-state index in [0.29, 0.717) is 30.9 Å². The van der Waals surface area contributed by atoms with E-state index in [0.717, 1.165) is 5.57 Å². The van der Waals surface area contributed by atoms with E-state index in [1.165, 1.54) is 12.1 Å². The standard InChI is InChI=1S/C14H18N2O3/c1-10(2)9-19-8-7-16-14(18)12-5-3-11(4-6-12)13(15)17/h3-6H,1,7-9H2,2H3,(H2,15,17)(H,16,18). The van der Waals surface area contributed by atoms with Gasteiger partial charge < -0.3 is 15.8 Å². The minimum atomic E-state index is -0.514. The van der Waals surface area contributed by atoms with Crippen LogP contribution in [0.25, 0.3) is 0 Å². The van der Waals surface area contributed by atoms with Gasteiger partial charge in [0.2, 0.25) is 5.91 Å². The van der Waals surface area contributed by atoms with Crippen molar-refractivity contribution in [1.29, 1.82) is 0 Å². The molecule has 1 aromatic rings. The number of ether oxygens (including phenoxy) is 1. The second-order valence-electron chi connectivity index (χ2n) is 4.21. The molecule has 0 saturated heterocycles. The summed E-state index contributed by atoms with van der Waals surface area (Å²) in [6, 6.07) is 6.16. The van der Waals surface area contributed by atoms with Crippen LogP contribution in [0.2, 0.25) is 0 Å². The number of carbonyl (C=O) groups excluding carboxylic acids is 2. The minimum Gasteiger partial charge on any atom is -0.375 e. The molecule has 0 heterocycles. The van der Waals surface area contributed by atoms with E-state index in [-0.39, 0.29) is 5.91 Å². The normalized spacial score (nSPS) is 9.95. The van der Waals surface area contributed by atoms with Crippen LogP contribution in [0, 0.1) is 0 Å². The molecule has 0 radical (unpaired) electrons. The summed E-state index contributed by atoms with van der Waals surface area (Å²) in [4.78, 5) is 22.6. The number of amides is 2. The fourth-order valence-electron chi connectivity index (χ4n) is 1.37. The molecule has 3 N–H and O–H groups in total. The van der Waals surface area contributed by atoms with Crippen molar-refractivity contribution in [3.8, 4) is 0 Å². The molecule has 19 heavy (non-hydrogen) atoms. The van der Waals surface area contributed by atoms with Crippen LogP contribution in [0.15, 0.2) is 36.4 Å². The van der Waals surface area contributed by atoms with E-state index in [2.05, 4.69) is 11.9 Å². The topological polar surface area (TPSA) is 81.4 Å². The van der Waals surface area contributed by atoms with Crippen LogP contribution in [0.4, 0.5) is 0 Å². The first-order valence-corrected chi connectivity index (χ1v) is 5.91. The summed E-state index contributed by atoms with van der Waals surface area (Å²) in [5, 5.41) is 2.71. The molecule has 0 saturated carbocycles. The molecule has 5 nitrogen and oxygen atoms in total. The Morgan fingerprint density at radius 2 is 1.84 bits per heavy atom. The summed E-state index contributed by atoms with van der Waals surface area (Å²) in [6.07, 6.45) is 0. The Kier molecular flexibility index (Phi) is 5.75. The summed E-state index contributed by atoms with van der Waals surface area (Å²) >= 11 is 0. The van der Waals surface area contributed by atoms with E-state index >= 15 is 0 Å². The number of benzene rings is 1. The predicted octanol–water partition coefficient (Wildman–Crippen LogP) is 1.11. The van der Waals surface area contributed by atoms with Crippen LogP contribution < -0.4 is 11.1 Å². The Morgan fingerprint density at radius 1 is 1.26 bits per heavy atom. The van der Waals surface area contributed by atoms with Gasteiger partial charge in [0.1, 0.15) is 0 Å². The van der Waals surface area contributed by atoms with Crippen molar-refractivity contribution < 1.29 is 14.3 Å². The summed E-state index contributed by atoms with van der Waals surface area (Å²) in [7, 11) is 0. The number of carbonyl (C=O) groups is 2. The summed E-state index contributed by atoms with van der Waals surface area (Å²) in [6.45, 7) is 6.92. The minimum absolute atomic E-state index is 0.213. The first kappa shape index (κ1) is 14.9. The number of rotatable bonds is 7. The largest absolute Gasteiger partial charge is 0.375 e. The SMILES string of the molecule is C=C(C)COCCNC(=O)c1ccc(C(N)=O)cc1. The van der Waals surface area contributed by atoms with Crippen molar-refractivity contribution in [3.63, 3.8) is 0 Å². The zero-order valence-corrected chi connectivity index (χ0v) is 10.9. The highest BCUT2D eigenvalue weighted by atomic mass is 16.5. The summed E-state index contributed by atoms with van der Waals surface area (Å²) in [5.74, 6) is -0.727. The summed E-state index contributed by atoms with van der Waals surface area (Å²) < 4.78 is 5.26. The maximum atomic E-state index is 11.7. The lowest BCUT2D eigenvalue weighted by Crippen LogP contribution is -2.27. The van der Waals surface area contributed by atoms with Crippen LogP contribution in [0.1, 0.15) is 27.6 Å². The van der Waals surface area contributed by atoms with Crippen molar-refractivity contribution in [1.82, 2.24) is 5.32 Å². The third-order valence-electron chi connectivity index (χ3n) is 2.31. The van der Waals surface area contributed by atoms with Crippen LogP contribution in [0.3, 0.4) is 0 Å². The lowest BCUT2D eigenvalue weighted by molar-refractivity contribution is 0.0925. The van der Waals surface area contributed by atoms with E-state index in [4.69, 9.17) is 10.5 Å². The molecule has 0 fully saturated rings. The zero-order chi connectivity index (χ0) is 14.3. The molecule has 0 spiro atoms. The number of nitrogens with two attached hydrogens (primary N) is 1. The predicted molar refractivity (Wildman–Crippen MR) is 72.9 cm³/mol.